The molecule has 0 fully saturated rings. The second kappa shape index (κ2) is 9.01. The number of methoxy groups -OCH3 is 1. The van der Waals surface area contributed by atoms with Gasteiger partial charge in [-0.25, -0.2) is 0 Å². The van der Waals surface area contributed by atoms with Crippen LogP contribution in [0.2, 0.25) is 0 Å². The summed E-state index contributed by atoms with van der Waals surface area (Å²) in [4.78, 5) is 12.0. The molecule has 3 rings (SSSR count). The molecule has 0 saturated carbocycles. The van der Waals surface area contributed by atoms with Crippen molar-refractivity contribution >= 4 is 45.9 Å². The number of rotatable bonds is 8. The third kappa shape index (κ3) is 4.96. The van der Waals surface area contributed by atoms with Crippen LogP contribution in [0.5, 0.6) is 5.75 Å². The van der Waals surface area contributed by atoms with Crippen LogP contribution in [-0.4, -0.2) is 44.9 Å². The lowest BCUT2D eigenvalue weighted by Gasteiger charge is -2.00. The average molecular weight is 410 g/mol. The van der Waals surface area contributed by atoms with Crippen LogP contribution in [0.4, 0.5) is 5.13 Å². The molecular weight excluding hydrogens is 394 g/mol. The first-order chi connectivity index (χ1) is 12.7. The summed E-state index contributed by atoms with van der Waals surface area (Å²) in [5, 5.41) is 19.4. The first-order valence-corrected chi connectivity index (χ1v) is 10.3. The van der Waals surface area contributed by atoms with E-state index in [4.69, 9.17) is 9.15 Å². The van der Waals surface area contributed by atoms with Gasteiger partial charge in [-0.3, -0.25) is 10.1 Å². The highest BCUT2D eigenvalue weighted by Gasteiger charge is 2.13. The smallest absolute Gasteiger partial charge is 0.277 e. The van der Waals surface area contributed by atoms with E-state index in [9.17, 15) is 4.79 Å². The van der Waals surface area contributed by atoms with Crippen molar-refractivity contribution in [1.29, 1.82) is 0 Å². The van der Waals surface area contributed by atoms with E-state index >= 15 is 0 Å². The Bertz CT molecular complexity index is 883. The molecule has 1 amide bonds. The summed E-state index contributed by atoms with van der Waals surface area (Å²) in [6.07, 6.45) is 0. The van der Waals surface area contributed by atoms with Crippen molar-refractivity contribution in [3.63, 3.8) is 0 Å². The molecule has 8 nitrogen and oxygen atoms in total. The van der Waals surface area contributed by atoms with E-state index in [-0.39, 0.29) is 11.7 Å². The minimum Gasteiger partial charge on any atom is -0.497 e. The van der Waals surface area contributed by atoms with Crippen LogP contribution in [0, 0.1) is 0 Å². The standard InChI is InChI=1S/C15H15N5O3S3/c1-3-24-15-20-18-13(26-15)16-11(21)8-25-14-19-17-12(23-14)9-5-4-6-10(7-9)22-2/h4-7H,3,8H2,1-2H3,(H,16,18,21). The first kappa shape index (κ1) is 18.7. The van der Waals surface area contributed by atoms with Gasteiger partial charge in [-0.2, -0.15) is 0 Å². The van der Waals surface area contributed by atoms with Crippen molar-refractivity contribution in [2.75, 3.05) is 23.9 Å². The van der Waals surface area contributed by atoms with Crippen LogP contribution in [0.15, 0.2) is 38.2 Å². The number of hydrogen-bond donors (Lipinski definition) is 1. The Labute approximate surface area is 162 Å². The van der Waals surface area contributed by atoms with Crippen molar-refractivity contribution in [3.8, 4) is 17.2 Å². The van der Waals surface area contributed by atoms with Crippen LogP contribution in [0.25, 0.3) is 11.5 Å². The van der Waals surface area contributed by atoms with Gasteiger partial charge in [-0.05, 0) is 24.0 Å². The molecule has 0 aliphatic rings. The van der Waals surface area contributed by atoms with E-state index in [0.29, 0.717) is 22.0 Å². The second-order valence-corrected chi connectivity index (χ2v) is 8.16. The van der Waals surface area contributed by atoms with E-state index in [1.807, 2.05) is 25.1 Å². The number of thioether (sulfide) groups is 2. The number of ether oxygens (including phenoxy) is 1. The fourth-order valence-electron chi connectivity index (χ4n) is 1.87. The number of carbonyl (C=O) groups is 1. The Morgan fingerprint density at radius 3 is 2.96 bits per heavy atom. The molecule has 11 heteroatoms. The molecule has 1 N–H and O–H groups in total. The van der Waals surface area contributed by atoms with Gasteiger partial charge in [-0.15, -0.1) is 20.4 Å². The Balaban J connectivity index is 1.54. The van der Waals surface area contributed by atoms with E-state index in [2.05, 4.69) is 25.7 Å². The normalized spacial score (nSPS) is 10.7. The molecule has 2 aromatic heterocycles. The maximum absolute atomic E-state index is 12.0. The number of benzene rings is 1. The maximum atomic E-state index is 12.0. The van der Waals surface area contributed by atoms with Gasteiger partial charge in [0, 0.05) is 5.56 Å². The maximum Gasteiger partial charge on any atom is 0.277 e. The molecule has 0 bridgehead atoms. The topological polar surface area (TPSA) is 103 Å². The Morgan fingerprint density at radius 2 is 2.15 bits per heavy atom. The lowest BCUT2D eigenvalue weighted by molar-refractivity contribution is -0.113. The predicted molar refractivity (Wildman–Crippen MR) is 102 cm³/mol. The van der Waals surface area contributed by atoms with Crippen LogP contribution in [-0.2, 0) is 4.79 Å². The highest BCUT2D eigenvalue weighted by atomic mass is 32.2. The lowest BCUT2D eigenvalue weighted by Crippen LogP contribution is -2.13. The van der Waals surface area contributed by atoms with Gasteiger partial charge in [0.1, 0.15) is 5.75 Å². The lowest BCUT2D eigenvalue weighted by atomic mass is 10.2. The van der Waals surface area contributed by atoms with Crippen LogP contribution in [0.1, 0.15) is 6.92 Å². The molecule has 2 heterocycles. The molecular formula is C15H15N5O3S3. The minimum atomic E-state index is -0.208. The molecule has 0 radical (unpaired) electrons. The number of nitrogens with one attached hydrogen (secondary N) is 1. The van der Waals surface area contributed by atoms with E-state index in [1.165, 1.54) is 11.3 Å². The van der Waals surface area contributed by atoms with Crippen LogP contribution < -0.4 is 10.1 Å². The summed E-state index contributed by atoms with van der Waals surface area (Å²) in [5.74, 6) is 1.91. The van der Waals surface area contributed by atoms with E-state index in [0.717, 1.165) is 27.4 Å². The van der Waals surface area contributed by atoms with E-state index < -0.39 is 0 Å². The highest BCUT2D eigenvalue weighted by molar-refractivity contribution is 8.01. The zero-order valence-electron chi connectivity index (χ0n) is 14.0. The summed E-state index contributed by atoms with van der Waals surface area (Å²) < 4.78 is 11.6. The fourth-order valence-corrected chi connectivity index (χ4v) is 4.09. The first-order valence-electron chi connectivity index (χ1n) is 7.55. The Morgan fingerprint density at radius 1 is 1.27 bits per heavy atom. The summed E-state index contributed by atoms with van der Waals surface area (Å²) in [7, 11) is 1.59. The summed E-state index contributed by atoms with van der Waals surface area (Å²) in [5.41, 5.74) is 0.753. The molecule has 3 aromatic rings. The molecule has 0 aliphatic carbocycles. The third-order valence-electron chi connectivity index (χ3n) is 2.97. The molecule has 26 heavy (non-hydrogen) atoms. The monoisotopic (exact) mass is 409 g/mol. The molecule has 0 atom stereocenters. The number of carbonyl (C=O) groups excluding carboxylic acids is 1. The molecule has 136 valence electrons. The summed E-state index contributed by atoms with van der Waals surface area (Å²) in [6.45, 7) is 2.03. The van der Waals surface area contributed by atoms with Crippen LogP contribution in [0.3, 0.4) is 0 Å². The summed E-state index contributed by atoms with van der Waals surface area (Å²) >= 11 is 4.09. The number of nitrogens with zero attached hydrogens (tertiary/aromatic N) is 4. The number of hydrogen-bond acceptors (Lipinski definition) is 10. The molecule has 0 spiro atoms. The van der Waals surface area contributed by atoms with Crippen molar-refractivity contribution in [2.45, 2.75) is 16.5 Å². The predicted octanol–water partition coefficient (Wildman–Crippen LogP) is 3.44. The van der Waals surface area contributed by atoms with E-state index in [1.54, 1.807) is 24.9 Å². The Hall–Kier alpha value is -2.11. The van der Waals surface area contributed by atoms with Gasteiger partial charge in [0.05, 0.1) is 12.9 Å². The van der Waals surface area contributed by atoms with Crippen molar-refractivity contribution in [2.24, 2.45) is 0 Å². The molecule has 1 aromatic carbocycles. The van der Waals surface area contributed by atoms with Crippen molar-refractivity contribution in [1.82, 2.24) is 20.4 Å². The van der Waals surface area contributed by atoms with Crippen molar-refractivity contribution < 1.29 is 13.9 Å². The van der Waals surface area contributed by atoms with Gasteiger partial charge in [0.2, 0.25) is 16.9 Å². The fraction of sp³-hybridized carbons (Fsp3) is 0.267. The zero-order valence-corrected chi connectivity index (χ0v) is 16.4. The number of amides is 1. The molecule has 0 unspecified atom stereocenters. The third-order valence-corrected chi connectivity index (χ3v) is 5.64. The zero-order chi connectivity index (χ0) is 18.4. The Kier molecular flexibility index (Phi) is 6.47. The van der Waals surface area contributed by atoms with Gasteiger partial charge < -0.3 is 9.15 Å². The quantitative estimate of drug-likeness (QED) is 0.442. The van der Waals surface area contributed by atoms with Gasteiger partial charge in [0.25, 0.3) is 5.22 Å². The highest BCUT2D eigenvalue weighted by Crippen LogP contribution is 2.27. The largest absolute Gasteiger partial charge is 0.497 e. The SMILES string of the molecule is CCSc1nnc(NC(=O)CSc2nnc(-c3cccc(OC)c3)o2)s1. The van der Waals surface area contributed by atoms with Gasteiger partial charge in [0.15, 0.2) is 4.34 Å². The second-order valence-electron chi connectivity index (χ2n) is 4.75. The number of anilines is 1. The van der Waals surface area contributed by atoms with Crippen molar-refractivity contribution in [3.05, 3.63) is 24.3 Å². The van der Waals surface area contributed by atoms with Gasteiger partial charge >= 0.3 is 0 Å². The summed E-state index contributed by atoms with van der Waals surface area (Å²) in [6, 6.07) is 7.32. The van der Waals surface area contributed by atoms with Gasteiger partial charge in [-0.1, -0.05) is 47.9 Å². The molecule has 0 aliphatic heterocycles. The average Bonchev–Trinajstić information content (AvgIpc) is 3.30. The molecule has 0 saturated heterocycles. The minimum absolute atomic E-state index is 0.135. The van der Waals surface area contributed by atoms with Crippen LogP contribution >= 0.6 is 34.9 Å². The number of aromatic nitrogens is 4.